The first-order chi connectivity index (χ1) is 7.78. The SMILES string of the molecule is OCc1cnc(CSc2ccc(Br)cc2)s1. The van der Waals surface area contributed by atoms with Gasteiger partial charge in [-0.25, -0.2) is 4.98 Å². The Morgan fingerprint density at radius 3 is 2.69 bits per heavy atom. The molecule has 1 aromatic heterocycles. The van der Waals surface area contributed by atoms with Crippen molar-refractivity contribution >= 4 is 39.0 Å². The number of aromatic nitrogens is 1. The zero-order valence-corrected chi connectivity index (χ0v) is 11.6. The average Bonchev–Trinajstić information content (AvgIpc) is 2.76. The first-order valence-corrected chi connectivity index (χ1v) is 7.30. The number of thiazole rings is 1. The van der Waals surface area contributed by atoms with E-state index < -0.39 is 0 Å². The summed E-state index contributed by atoms with van der Waals surface area (Å²) in [6, 6.07) is 8.22. The van der Waals surface area contributed by atoms with Crippen LogP contribution in [0.25, 0.3) is 0 Å². The van der Waals surface area contributed by atoms with Crippen LogP contribution in [0.1, 0.15) is 9.88 Å². The molecule has 5 heteroatoms. The fourth-order valence-corrected chi connectivity index (χ4v) is 3.11. The predicted octanol–water partition coefficient (Wildman–Crippen LogP) is 3.69. The number of hydrogen-bond donors (Lipinski definition) is 1. The normalized spacial score (nSPS) is 10.6. The van der Waals surface area contributed by atoms with Crippen LogP contribution in [0.2, 0.25) is 0 Å². The highest BCUT2D eigenvalue weighted by Crippen LogP contribution is 2.26. The topological polar surface area (TPSA) is 33.1 Å². The van der Waals surface area contributed by atoms with Gasteiger partial charge >= 0.3 is 0 Å². The third-order valence-corrected chi connectivity index (χ3v) is 4.65. The largest absolute Gasteiger partial charge is 0.391 e. The monoisotopic (exact) mass is 315 g/mol. The lowest BCUT2D eigenvalue weighted by atomic mass is 10.4. The molecule has 0 radical (unpaired) electrons. The van der Waals surface area contributed by atoms with Gasteiger partial charge < -0.3 is 5.11 Å². The van der Waals surface area contributed by atoms with Gasteiger partial charge in [0.25, 0.3) is 0 Å². The third-order valence-electron chi connectivity index (χ3n) is 1.93. The molecule has 0 spiro atoms. The highest BCUT2D eigenvalue weighted by Gasteiger charge is 2.02. The number of benzene rings is 1. The molecular weight excluding hydrogens is 306 g/mol. The van der Waals surface area contributed by atoms with Crippen molar-refractivity contribution in [1.82, 2.24) is 4.98 Å². The molecular formula is C11H10BrNOS2. The Kier molecular flexibility index (Phi) is 4.40. The van der Waals surface area contributed by atoms with Crippen molar-refractivity contribution in [2.75, 3.05) is 0 Å². The number of nitrogens with zero attached hydrogens (tertiary/aromatic N) is 1. The zero-order chi connectivity index (χ0) is 11.4. The van der Waals surface area contributed by atoms with Gasteiger partial charge in [0.05, 0.1) is 17.2 Å². The molecule has 0 bridgehead atoms. The summed E-state index contributed by atoms with van der Waals surface area (Å²) in [5.74, 6) is 0.853. The van der Waals surface area contributed by atoms with Crippen molar-refractivity contribution in [2.45, 2.75) is 17.3 Å². The summed E-state index contributed by atoms with van der Waals surface area (Å²) >= 11 is 6.72. The van der Waals surface area contributed by atoms with E-state index in [1.165, 1.54) is 4.90 Å². The fraction of sp³-hybridized carbons (Fsp3) is 0.182. The molecule has 16 heavy (non-hydrogen) atoms. The van der Waals surface area contributed by atoms with E-state index in [-0.39, 0.29) is 6.61 Å². The van der Waals surface area contributed by atoms with E-state index in [1.807, 2.05) is 12.1 Å². The lowest BCUT2D eigenvalue weighted by Gasteiger charge is -1.98. The second kappa shape index (κ2) is 5.82. The van der Waals surface area contributed by atoms with Crippen molar-refractivity contribution in [1.29, 1.82) is 0 Å². The number of aliphatic hydroxyl groups is 1. The molecule has 0 saturated heterocycles. The van der Waals surface area contributed by atoms with E-state index in [2.05, 4.69) is 33.0 Å². The standard InChI is InChI=1S/C11H10BrNOS2/c12-8-1-3-9(4-2-8)15-7-11-13-5-10(6-14)16-11/h1-5,14H,6-7H2. The third kappa shape index (κ3) is 3.31. The van der Waals surface area contributed by atoms with Gasteiger partial charge in [0, 0.05) is 15.6 Å². The molecule has 0 aliphatic rings. The quantitative estimate of drug-likeness (QED) is 0.873. The maximum atomic E-state index is 8.93. The van der Waals surface area contributed by atoms with Crippen LogP contribution in [0, 0.1) is 0 Å². The molecule has 0 amide bonds. The summed E-state index contributed by atoms with van der Waals surface area (Å²) in [6.45, 7) is 0.0839. The average molecular weight is 316 g/mol. The van der Waals surface area contributed by atoms with Crippen LogP contribution in [-0.4, -0.2) is 10.1 Å². The lowest BCUT2D eigenvalue weighted by molar-refractivity contribution is 0.285. The Morgan fingerprint density at radius 1 is 1.31 bits per heavy atom. The molecule has 1 aromatic carbocycles. The minimum Gasteiger partial charge on any atom is -0.391 e. The van der Waals surface area contributed by atoms with Crippen LogP contribution in [-0.2, 0) is 12.4 Å². The van der Waals surface area contributed by atoms with Crippen LogP contribution in [0.4, 0.5) is 0 Å². The summed E-state index contributed by atoms with van der Waals surface area (Å²) in [4.78, 5) is 6.40. The van der Waals surface area contributed by atoms with Crippen molar-refractivity contribution < 1.29 is 5.11 Å². The second-order valence-electron chi connectivity index (χ2n) is 3.12. The highest BCUT2D eigenvalue weighted by atomic mass is 79.9. The van der Waals surface area contributed by atoms with Crippen molar-refractivity contribution in [3.63, 3.8) is 0 Å². The number of hydrogen-bond acceptors (Lipinski definition) is 4. The van der Waals surface area contributed by atoms with Gasteiger partial charge in [-0.15, -0.1) is 23.1 Å². The van der Waals surface area contributed by atoms with E-state index in [0.29, 0.717) is 0 Å². The molecule has 2 rings (SSSR count). The van der Waals surface area contributed by atoms with E-state index in [4.69, 9.17) is 5.11 Å². The van der Waals surface area contributed by atoms with Crippen molar-refractivity contribution in [3.8, 4) is 0 Å². The minimum absolute atomic E-state index is 0.0839. The van der Waals surface area contributed by atoms with Gasteiger partial charge in [-0.1, -0.05) is 15.9 Å². The molecule has 2 nitrogen and oxygen atoms in total. The predicted molar refractivity (Wildman–Crippen MR) is 71.7 cm³/mol. The number of thioether (sulfide) groups is 1. The Bertz CT molecular complexity index is 455. The number of aliphatic hydroxyl groups excluding tert-OH is 1. The molecule has 0 aliphatic carbocycles. The van der Waals surface area contributed by atoms with Crippen molar-refractivity contribution in [2.24, 2.45) is 0 Å². The van der Waals surface area contributed by atoms with Crippen LogP contribution in [0.15, 0.2) is 39.8 Å². The van der Waals surface area contributed by atoms with Crippen molar-refractivity contribution in [3.05, 3.63) is 44.8 Å². The molecule has 2 aromatic rings. The first kappa shape index (κ1) is 12.1. The van der Waals surface area contributed by atoms with Gasteiger partial charge in [-0.2, -0.15) is 0 Å². The van der Waals surface area contributed by atoms with E-state index >= 15 is 0 Å². The first-order valence-electron chi connectivity index (χ1n) is 4.71. The fourth-order valence-electron chi connectivity index (χ4n) is 1.16. The molecule has 0 saturated carbocycles. The number of halogens is 1. The molecule has 84 valence electrons. The Morgan fingerprint density at radius 2 is 2.06 bits per heavy atom. The summed E-state index contributed by atoms with van der Waals surface area (Å²) in [5.41, 5.74) is 0. The van der Waals surface area contributed by atoms with E-state index in [1.54, 1.807) is 29.3 Å². The smallest absolute Gasteiger partial charge is 0.103 e. The van der Waals surface area contributed by atoms with Gasteiger partial charge in [-0.3, -0.25) is 0 Å². The van der Waals surface area contributed by atoms with Crippen LogP contribution < -0.4 is 0 Å². The Labute approximate surface area is 111 Å². The summed E-state index contributed by atoms with van der Waals surface area (Å²) in [5, 5.41) is 9.98. The number of rotatable bonds is 4. The van der Waals surface area contributed by atoms with Crippen LogP contribution >= 0.6 is 39.0 Å². The lowest BCUT2D eigenvalue weighted by Crippen LogP contribution is -1.77. The molecule has 0 aliphatic heterocycles. The van der Waals surface area contributed by atoms with Crippen LogP contribution in [0.5, 0.6) is 0 Å². The van der Waals surface area contributed by atoms with Gasteiger partial charge in [0.1, 0.15) is 5.01 Å². The maximum absolute atomic E-state index is 8.93. The van der Waals surface area contributed by atoms with E-state index in [9.17, 15) is 0 Å². The van der Waals surface area contributed by atoms with Crippen LogP contribution in [0.3, 0.4) is 0 Å². The second-order valence-corrected chi connectivity index (χ2v) is 6.29. The summed E-state index contributed by atoms with van der Waals surface area (Å²) in [6.07, 6.45) is 1.74. The van der Waals surface area contributed by atoms with E-state index in [0.717, 1.165) is 20.1 Å². The molecule has 0 unspecified atom stereocenters. The summed E-state index contributed by atoms with van der Waals surface area (Å²) in [7, 11) is 0. The Hall–Kier alpha value is -0.360. The molecule has 0 fully saturated rings. The molecule has 1 N–H and O–H groups in total. The minimum atomic E-state index is 0.0839. The maximum Gasteiger partial charge on any atom is 0.103 e. The van der Waals surface area contributed by atoms with Gasteiger partial charge in [0.2, 0.25) is 0 Å². The van der Waals surface area contributed by atoms with Gasteiger partial charge in [0.15, 0.2) is 0 Å². The Balaban J connectivity index is 1.94. The van der Waals surface area contributed by atoms with Gasteiger partial charge in [-0.05, 0) is 24.3 Å². The summed E-state index contributed by atoms with van der Waals surface area (Å²) < 4.78 is 1.09. The highest BCUT2D eigenvalue weighted by molar-refractivity contribution is 9.10. The molecule has 0 atom stereocenters. The molecule has 1 heterocycles. The zero-order valence-electron chi connectivity index (χ0n) is 8.39.